The number of rotatable bonds is 5. The van der Waals surface area contributed by atoms with Gasteiger partial charge in [0, 0.05) is 18.2 Å². The van der Waals surface area contributed by atoms with E-state index in [1.54, 1.807) is 6.07 Å². The molecule has 0 aliphatic carbocycles. The fourth-order valence-corrected chi connectivity index (χ4v) is 3.93. The standard InChI is InChI=1S/C20H23Cl2NO2/c21-17-4-2-1-3-16(17)12-20(14-24)7-9-23(10-8-20)13-15-5-6-19(25)18(22)11-15/h1-6,11,24-25H,7-10,12-14H2. The average Bonchev–Trinajstić information content (AvgIpc) is 2.62. The Morgan fingerprint density at radius 3 is 2.36 bits per heavy atom. The quantitative estimate of drug-likeness (QED) is 0.802. The summed E-state index contributed by atoms with van der Waals surface area (Å²) in [4.78, 5) is 2.36. The Kier molecular flexibility index (Phi) is 5.90. The van der Waals surface area contributed by atoms with Crippen LogP contribution in [0.5, 0.6) is 5.75 Å². The highest BCUT2D eigenvalue weighted by molar-refractivity contribution is 6.32. The predicted octanol–water partition coefficient (Wildman–Crippen LogP) is 4.52. The van der Waals surface area contributed by atoms with Gasteiger partial charge in [0.25, 0.3) is 0 Å². The number of aromatic hydroxyl groups is 1. The molecule has 2 N–H and O–H groups in total. The number of likely N-dealkylation sites (tertiary alicyclic amines) is 1. The summed E-state index contributed by atoms with van der Waals surface area (Å²) in [5.74, 6) is 0.114. The van der Waals surface area contributed by atoms with Crippen molar-refractivity contribution in [3.05, 3.63) is 63.6 Å². The molecule has 0 amide bonds. The molecular formula is C20H23Cl2NO2. The lowest BCUT2D eigenvalue weighted by Crippen LogP contribution is -2.42. The second kappa shape index (κ2) is 7.96. The van der Waals surface area contributed by atoms with E-state index in [4.69, 9.17) is 23.2 Å². The maximum absolute atomic E-state index is 10.0. The van der Waals surface area contributed by atoms with E-state index in [-0.39, 0.29) is 17.8 Å². The second-order valence-corrected chi connectivity index (χ2v) is 7.80. The Hall–Kier alpha value is -1.26. The van der Waals surface area contributed by atoms with Gasteiger partial charge in [0.05, 0.1) is 5.02 Å². The molecule has 2 aromatic rings. The Morgan fingerprint density at radius 2 is 1.72 bits per heavy atom. The van der Waals surface area contributed by atoms with Crippen LogP contribution in [0.3, 0.4) is 0 Å². The van der Waals surface area contributed by atoms with Crippen molar-refractivity contribution in [3.8, 4) is 5.75 Å². The van der Waals surface area contributed by atoms with Crippen molar-refractivity contribution in [2.75, 3.05) is 19.7 Å². The third-order valence-electron chi connectivity index (χ3n) is 5.19. The Labute approximate surface area is 158 Å². The minimum atomic E-state index is -0.103. The molecule has 134 valence electrons. The summed E-state index contributed by atoms with van der Waals surface area (Å²) < 4.78 is 0. The zero-order valence-electron chi connectivity index (χ0n) is 14.1. The number of phenolic OH excluding ortho intramolecular Hbond substituents is 1. The number of benzene rings is 2. The highest BCUT2D eigenvalue weighted by Crippen LogP contribution is 2.37. The lowest BCUT2D eigenvalue weighted by molar-refractivity contribution is 0.0414. The average molecular weight is 380 g/mol. The van der Waals surface area contributed by atoms with Gasteiger partial charge in [-0.2, -0.15) is 0 Å². The monoisotopic (exact) mass is 379 g/mol. The first kappa shape index (κ1) is 18.5. The smallest absolute Gasteiger partial charge is 0.134 e. The van der Waals surface area contributed by atoms with Crippen LogP contribution in [0.15, 0.2) is 42.5 Å². The summed E-state index contributed by atoms with van der Waals surface area (Å²) in [5, 5.41) is 20.7. The van der Waals surface area contributed by atoms with Gasteiger partial charge in [-0.15, -0.1) is 0 Å². The summed E-state index contributed by atoms with van der Waals surface area (Å²) in [6.45, 7) is 2.82. The highest BCUT2D eigenvalue weighted by Gasteiger charge is 2.34. The minimum Gasteiger partial charge on any atom is -0.506 e. The number of hydrogen-bond donors (Lipinski definition) is 2. The molecule has 0 radical (unpaired) electrons. The number of aliphatic hydroxyl groups excluding tert-OH is 1. The van der Waals surface area contributed by atoms with Gasteiger partial charge in [-0.1, -0.05) is 47.5 Å². The molecule has 0 aromatic heterocycles. The first-order valence-electron chi connectivity index (χ1n) is 8.55. The van der Waals surface area contributed by atoms with Crippen molar-refractivity contribution in [3.63, 3.8) is 0 Å². The molecule has 3 rings (SSSR count). The first-order valence-corrected chi connectivity index (χ1v) is 9.31. The molecular weight excluding hydrogens is 357 g/mol. The maximum atomic E-state index is 10.0. The molecule has 0 unspecified atom stereocenters. The Bertz CT molecular complexity index is 727. The minimum absolute atomic E-state index is 0.103. The third kappa shape index (κ3) is 4.48. The van der Waals surface area contributed by atoms with E-state index in [1.807, 2.05) is 36.4 Å². The number of piperidine rings is 1. The number of hydrogen-bond acceptors (Lipinski definition) is 3. The van der Waals surface area contributed by atoms with Crippen LogP contribution in [0, 0.1) is 5.41 Å². The van der Waals surface area contributed by atoms with Crippen molar-refractivity contribution < 1.29 is 10.2 Å². The van der Waals surface area contributed by atoms with E-state index in [0.29, 0.717) is 5.02 Å². The fraction of sp³-hybridized carbons (Fsp3) is 0.400. The van der Waals surface area contributed by atoms with Crippen molar-refractivity contribution in [2.45, 2.75) is 25.8 Å². The van der Waals surface area contributed by atoms with E-state index >= 15 is 0 Å². The topological polar surface area (TPSA) is 43.7 Å². The highest BCUT2D eigenvalue weighted by atomic mass is 35.5. The molecule has 25 heavy (non-hydrogen) atoms. The number of halogens is 2. The van der Waals surface area contributed by atoms with E-state index in [1.165, 1.54) is 0 Å². The van der Waals surface area contributed by atoms with Crippen LogP contribution < -0.4 is 0 Å². The molecule has 1 fully saturated rings. The van der Waals surface area contributed by atoms with Gasteiger partial charge in [-0.05, 0) is 67.1 Å². The van der Waals surface area contributed by atoms with Gasteiger partial charge in [0.2, 0.25) is 0 Å². The summed E-state index contributed by atoms with van der Waals surface area (Å²) >= 11 is 12.3. The third-order valence-corrected chi connectivity index (χ3v) is 5.87. The van der Waals surface area contributed by atoms with Crippen molar-refractivity contribution in [1.82, 2.24) is 4.90 Å². The molecule has 0 bridgehead atoms. The molecule has 2 aromatic carbocycles. The summed E-state index contributed by atoms with van der Waals surface area (Å²) in [7, 11) is 0. The number of phenols is 1. The molecule has 0 saturated carbocycles. The molecule has 0 spiro atoms. The van der Waals surface area contributed by atoms with Gasteiger partial charge in [-0.3, -0.25) is 4.90 Å². The fourth-order valence-electron chi connectivity index (χ4n) is 3.53. The molecule has 3 nitrogen and oxygen atoms in total. The van der Waals surface area contributed by atoms with Crippen molar-refractivity contribution >= 4 is 23.2 Å². The van der Waals surface area contributed by atoms with E-state index in [0.717, 1.165) is 55.0 Å². The Balaban J connectivity index is 1.62. The van der Waals surface area contributed by atoms with Crippen LogP contribution >= 0.6 is 23.2 Å². The van der Waals surface area contributed by atoms with Crippen LogP contribution in [0.1, 0.15) is 24.0 Å². The largest absolute Gasteiger partial charge is 0.506 e. The first-order chi connectivity index (χ1) is 12.0. The normalized spacial score (nSPS) is 17.6. The molecule has 1 heterocycles. The molecule has 5 heteroatoms. The van der Waals surface area contributed by atoms with Gasteiger partial charge in [0.15, 0.2) is 0 Å². The van der Waals surface area contributed by atoms with E-state index < -0.39 is 0 Å². The van der Waals surface area contributed by atoms with E-state index in [2.05, 4.69) is 4.90 Å². The van der Waals surface area contributed by atoms with Crippen LogP contribution in [-0.2, 0) is 13.0 Å². The summed E-state index contributed by atoms with van der Waals surface area (Å²) in [5.41, 5.74) is 2.09. The van der Waals surface area contributed by atoms with Gasteiger partial charge in [-0.25, -0.2) is 0 Å². The van der Waals surface area contributed by atoms with Crippen LogP contribution in [-0.4, -0.2) is 34.8 Å². The molecule has 1 aliphatic heterocycles. The van der Waals surface area contributed by atoms with Gasteiger partial charge >= 0.3 is 0 Å². The predicted molar refractivity (Wildman–Crippen MR) is 102 cm³/mol. The number of nitrogens with zero attached hydrogens (tertiary/aromatic N) is 1. The van der Waals surface area contributed by atoms with Gasteiger partial charge < -0.3 is 10.2 Å². The summed E-state index contributed by atoms with van der Waals surface area (Å²) in [6, 6.07) is 13.2. The van der Waals surface area contributed by atoms with Crippen molar-refractivity contribution in [1.29, 1.82) is 0 Å². The zero-order valence-corrected chi connectivity index (χ0v) is 15.6. The number of aliphatic hydroxyl groups is 1. The second-order valence-electron chi connectivity index (χ2n) is 6.99. The molecule has 0 atom stereocenters. The molecule has 1 aliphatic rings. The van der Waals surface area contributed by atoms with Crippen LogP contribution in [0.4, 0.5) is 0 Å². The SMILES string of the molecule is OCC1(Cc2ccccc2Cl)CCN(Cc2ccc(O)c(Cl)c2)CC1. The van der Waals surface area contributed by atoms with Crippen LogP contribution in [0.25, 0.3) is 0 Å². The van der Waals surface area contributed by atoms with Gasteiger partial charge in [0.1, 0.15) is 5.75 Å². The molecule has 1 saturated heterocycles. The van der Waals surface area contributed by atoms with Crippen LogP contribution in [0.2, 0.25) is 10.0 Å². The van der Waals surface area contributed by atoms with Crippen molar-refractivity contribution in [2.24, 2.45) is 5.41 Å². The lowest BCUT2D eigenvalue weighted by atomic mass is 9.74. The lowest BCUT2D eigenvalue weighted by Gasteiger charge is -2.41. The summed E-state index contributed by atoms with van der Waals surface area (Å²) in [6.07, 6.45) is 2.67. The zero-order chi connectivity index (χ0) is 17.9. The maximum Gasteiger partial charge on any atom is 0.134 e. The van der Waals surface area contributed by atoms with E-state index in [9.17, 15) is 10.2 Å². The Morgan fingerprint density at radius 1 is 1.00 bits per heavy atom.